The van der Waals surface area contributed by atoms with Gasteiger partial charge in [0.05, 0.1) is 0 Å². The van der Waals surface area contributed by atoms with Crippen LogP contribution in [0.1, 0.15) is 80.1 Å². The predicted molar refractivity (Wildman–Crippen MR) is 148 cm³/mol. The van der Waals surface area contributed by atoms with Crippen molar-refractivity contribution < 1.29 is 4.43 Å². The Balaban J connectivity index is 2.55. The van der Waals surface area contributed by atoms with Crippen LogP contribution < -0.4 is 10.4 Å². The molecular formula is C29H48OSiSn. The number of hydrogen-bond donors (Lipinski definition) is 0. The van der Waals surface area contributed by atoms with Gasteiger partial charge in [-0.05, 0) is 0 Å². The van der Waals surface area contributed by atoms with Gasteiger partial charge in [0.1, 0.15) is 0 Å². The third kappa shape index (κ3) is 6.96. The second-order valence-corrected chi connectivity index (χ2v) is 28.7. The number of unbranched alkanes of at least 4 members (excludes halogenated alkanes) is 3. The summed E-state index contributed by atoms with van der Waals surface area (Å²) < 4.78 is 13.2. The molecule has 2 rings (SSSR count). The number of benzene rings is 2. The molecule has 0 unspecified atom stereocenters. The quantitative estimate of drug-likeness (QED) is 0.214. The van der Waals surface area contributed by atoms with E-state index >= 15 is 0 Å². The molecule has 0 aromatic heterocycles. The van der Waals surface area contributed by atoms with Crippen molar-refractivity contribution in [2.45, 2.75) is 98.4 Å². The summed E-state index contributed by atoms with van der Waals surface area (Å²) in [6, 6.07) is 22.5. The Labute approximate surface area is 204 Å². The molecule has 0 bridgehead atoms. The minimum absolute atomic E-state index is 0.0770. The van der Waals surface area contributed by atoms with Gasteiger partial charge in [-0.1, -0.05) is 0 Å². The van der Waals surface area contributed by atoms with E-state index in [1.165, 1.54) is 62.2 Å². The van der Waals surface area contributed by atoms with Crippen molar-refractivity contribution in [1.82, 2.24) is 0 Å². The number of hydrogen-bond acceptors (Lipinski definition) is 1. The zero-order chi connectivity index (χ0) is 23.5. The third-order valence-electron chi connectivity index (χ3n) is 7.19. The van der Waals surface area contributed by atoms with Crippen LogP contribution in [0, 0.1) is 0 Å². The van der Waals surface area contributed by atoms with E-state index in [2.05, 4.69) is 102 Å². The Hall–Kier alpha value is -0.584. The summed E-state index contributed by atoms with van der Waals surface area (Å²) in [5.74, 6) is 0. The molecule has 3 heteroatoms. The second-order valence-electron chi connectivity index (χ2n) is 10.8. The van der Waals surface area contributed by atoms with E-state index < -0.39 is 26.7 Å². The van der Waals surface area contributed by atoms with Gasteiger partial charge in [0.25, 0.3) is 0 Å². The average molecular weight is 559 g/mol. The Morgan fingerprint density at radius 3 is 1.34 bits per heavy atom. The van der Waals surface area contributed by atoms with Gasteiger partial charge in [-0.2, -0.15) is 0 Å². The van der Waals surface area contributed by atoms with Gasteiger partial charge in [-0.25, -0.2) is 0 Å². The van der Waals surface area contributed by atoms with Crippen LogP contribution in [-0.2, 0) is 4.43 Å². The van der Waals surface area contributed by atoms with Gasteiger partial charge in [-0.15, -0.1) is 0 Å². The Morgan fingerprint density at radius 2 is 1.03 bits per heavy atom. The molecular weight excluding hydrogens is 511 g/mol. The molecule has 0 saturated carbocycles. The predicted octanol–water partition coefficient (Wildman–Crippen LogP) is 7.95. The third-order valence-corrected chi connectivity index (χ3v) is 27.3. The summed E-state index contributed by atoms with van der Waals surface area (Å²) in [6.07, 6.45) is 8.14. The summed E-state index contributed by atoms with van der Waals surface area (Å²) in [5, 5.41) is 2.94. The van der Waals surface area contributed by atoms with Crippen LogP contribution in [0.2, 0.25) is 18.3 Å². The zero-order valence-corrected chi connectivity index (χ0v) is 25.6. The molecule has 2 aromatic carbocycles. The molecule has 0 aliphatic rings. The van der Waals surface area contributed by atoms with Crippen molar-refractivity contribution in [3.63, 3.8) is 0 Å². The summed E-state index contributed by atoms with van der Waals surface area (Å²) in [4.78, 5) is 0. The summed E-state index contributed by atoms with van der Waals surface area (Å²) in [6.45, 7) is 14.3. The SMILES string of the molecule is CCC[CH2][Sn]([CH2]CCC)([CH2]CCC)[CH2]O[Si](c1ccccc1)(c1ccccc1)C(C)(C)C. The second kappa shape index (κ2) is 13.3. The molecule has 1 nitrogen and oxygen atoms in total. The molecule has 0 heterocycles. The fraction of sp³-hybridized carbons (Fsp3) is 0.586. The Kier molecular flexibility index (Phi) is 11.5. The van der Waals surface area contributed by atoms with Gasteiger partial charge in [0, 0.05) is 0 Å². The van der Waals surface area contributed by atoms with Gasteiger partial charge < -0.3 is 0 Å². The summed E-state index contributed by atoms with van der Waals surface area (Å²) >= 11 is -2.42. The Bertz CT molecular complexity index is 692. The van der Waals surface area contributed by atoms with E-state index in [-0.39, 0.29) is 5.04 Å². The van der Waals surface area contributed by atoms with E-state index in [9.17, 15) is 0 Å². The molecule has 32 heavy (non-hydrogen) atoms. The Morgan fingerprint density at radius 1 is 0.656 bits per heavy atom. The van der Waals surface area contributed by atoms with Crippen molar-refractivity contribution in [3.8, 4) is 0 Å². The van der Waals surface area contributed by atoms with E-state index in [1.54, 1.807) is 0 Å². The summed E-state index contributed by atoms with van der Waals surface area (Å²) in [7, 11) is -2.42. The molecule has 0 N–H and O–H groups in total. The monoisotopic (exact) mass is 560 g/mol. The van der Waals surface area contributed by atoms with E-state index in [4.69, 9.17) is 4.43 Å². The maximum absolute atomic E-state index is 7.56. The molecule has 2 aromatic rings. The van der Waals surface area contributed by atoms with Crippen molar-refractivity contribution in [2.75, 3.05) is 4.62 Å². The first-order valence-corrected chi connectivity index (χ1v) is 23.1. The number of rotatable bonds is 14. The van der Waals surface area contributed by atoms with Crippen LogP contribution in [0.3, 0.4) is 0 Å². The maximum atomic E-state index is 7.56. The molecule has 0 spiro atoms. The van der Waals surface area contributed by atoms with Gasteiger partial charge in [0.2, 0.25) is 0 Å². The molecule has 0 atom stereocenters. The van der Waals surface area contributed by atoms with Crippen LogP contribution in [0.25, 0.3) is 0 Å². The fourth-order valence-electron chi connectivity index (χ4n) is 5.27. The van der Waals surface area contributed by atoms with Crippen LogP contribution in [0.5, 0.6) is 0 Å². The zero-order valence-electron chi connectivity index (χ0n) is 21.8. The van der Waals surface area contributed by atoms with Crippen molar-refractivity contribution >= 4 is 37.1 Å². The van der Waals surface area contributed by atoms with Crippen molar-refractivity contribution in [1.29, 1.82) is 0 Å². The van der Waals surface area contributed by atoms with Gasteiger partial charge >= 0.3 is 205 Å². The topological polar surface area (TPSA) is 9.23 Å². The van der Waals surface area contributed by atoms with Crippen LogP contribution in [0.4, 0.5) is 0 Å². The van der Waals surface area contributed by atoms with Crippen LogP contribution >= 0.6 is 0 Å². The molecule has 178 valence electrons. The van der Waals surface area contributed by atoms with Crippen LogP contribution in [0.15, 0.2) is 60.7 Å². The average Bonchev–Trinajstić information content (AvgIpc) is 2.80. The first-order valence-electron chi connectivity index (χ1n) is 13.1. The summed E-state index contributed by atoms with van der Waals surface area (Å²) in [5.41, 5.74) is 0. The van der Waals surface area contributed by atoms with Crippen LogP contribution in [-0.4, -0.2) is 31.3 Å². The fourth-order valence-corrected chi connectivity index (χ4v) is 27.2. The van der Waals surface area contributed by atoms with Gasteiger partial charge in [0.15, 0.2) is 0 Å². The first-order chi connectivity index (χ1) is 15.3. The first kappa shape index (κ1) is 27.7. The molecule has 0 fully saturated rings. The van der Waals surface area contributed by atoms with Crippen molar-refractivity contribution in [2.24, 2.45) is 0 Å². The standard InChI is InChI=1S/C17H21OSi.3C4H9.Sn/c1-17(2,3)19(18-4,15-11-7-5-8-12-15)16-13-9-6-10-14-16;3*1-3-4-2;/h5-14H,4H2,1-3H3;3*1,3-4H2,2H3;. The van der Waals surface area contributed by atoms with E-state index in [0.29, 0.717) is 0 Å². The van der Waals surface area contributed by atoms with Gasteiger partial charge in [-0.3, -0.25) is 0 Å². The van der Waals surface area contributed by atoms with E-state index in [0.717, 1.165) is 4.62 Å². The molecule has 0 aliphatic heterocycles. The molecule has 0 saturated heterocycles. The molecule has 0 amide bonds. The van der Waals surface area contributed by atoms with E-state index in [1.807, 2.05) is 0 Å². The molecule has 0 radical (unpaired) electrons. The molecule has 0 aliphatic carbocycles. The van der Waals surface area contributed by atoms with Crippen molar-refractivity contribution in [3.05, 3.63) is 60.7 Å². The normalized spacial score (nSPS) is 12.8. The minimum atomic E-state index is -2.42.